The van der Waals surface area contributed by atoms with E-state index in [9.17, 15) is 14.4 Å². The molecule has 5 nitrogen and oxygen atoms in total. The average molecular weight is 375 g/mol. The highest BCUT2D eigenvalue weighted by Crippen LogP contribution is 2.56. The molecule has 2 aromatic carbocycles. The zero-order valence-electron chi connectivity index (χ0n) is 15.4. The number of amides is 2. The van der Waals surface area contributed by atoms with E-state index in [1.54, 1.807) is 12.1 Å². The monoisotopic (exact) mass is 375 g/mol. The van der Waals surface area contributed by atoms with Crippen molar-refractivity contribution in [1.29, 1.82) is 0 Å². The molecule has 3 fully saturated rings. The van der Waals surface area contributed by atoms with Crippen molar-refractivity contribution >= 4 is 17.8 Å². The topological polar surface area (TPSA) is 63.7 Å². The fourth-order valence-electron chi connectivity index (χ4n) is 5.32. The Balaban J connectivity index is 1.33. The number of ether oxygens (including phenoxy) is 1. The van der Waals surface area contributed by atoms with E-state index >= 15 is 0 Å². The minimum Gasteiger partial charge on any atom is -0.425 e. The molecular formula is C23H21NO4. The summed E-state index contributed by atoms with van der Waals surface area (Å²) in [5.41, 5.74) is 1.73. The highest BCUT2D eigenvalue weighted by Gasteiger charge is 2.61. The van der Waals surface area contributed by atoms with E-state index in [1.807, 2.05) is 42.5 Å². The van der Waals surface area contributed by atoms with Crippen LogP contribution in [0, 0.1) is 23.7 Å². The maximum Gasteiger partial charge on any atom is 0.331 e. The molecule has 28 heavy (non-hydrogen) atoms. The third-order valence-electron chi connectivity index (χ3n) is 6.50. The summed E-state index contributed by atoms with van der Waals surface area (Å²) < 4.78 is 5.56. The molecule has 2 aliphatic carbocycles. The first-order valence-corrected chi connectivity index (χ1v) is 9.84. The van der Waals surface area contributed by atoms with Crippen LogP contribution in [0.25, 0.3) is 11.1 Å². The van der Waals surface area contributed by atoms with Crippen molar-refractivity contribution in [3.8, 4) is 16.9 Å². The minimum absolute atomic E-state index is 0.185. The Bertz CT molecular complexity index is 926. The van der Waals surface area contributed by atoms with Crippen LogP contribution in [-0.4, -0.2) is 29.2 Å². The van der Waals surface area contributed by atoms with Crippen LogP contribution in [0.15, 0.2) is 54.6 Å². The van der Waals surface area contributed by atoms with Crippen LogP contribution >= 0.6 is 0 Å². The van der Waals surface area contributed by atoms with Crippen LogP contribution in [0.2, 0.25) is 0 Å². The van der Waals surface area contributed by atoms with E-state index < -0.39 is 5.97 Å². The quantitative estimate of drug-likeness (QED) is 0.467. The molecule has 1 heterocycles. The van der Waals surface area contributed by atoms with Gasteiger partial charge < -0.3 is 4.74 Å². The second kappa shape index (κ2) is 6.59. The number of hydrogen-bond acceptors (Lipinski definition) is 4. The van der Waals surface area contributed by atoms with Gasteiger partial charge in [-0.25, -0.2) is 4.79 Å². The lowest BCUT2D eigenvalue weighted by atomic mass is 9.81. The summed E-state index contributed by atoms with van der Waals surface area (Å²) in [5, 5.41) is 0. The van der Waals surface area contributed by atoms with Crippen molar-refractivity contribution in [2.75, 3.05) is 6.54 Å². The lowest BCUT2D eigenvalue weighted by Gasteiger charge is -2.19. The molecule has 3 aliphatic rings. The first kappa shape index (κ1) is 17.2. The summed E-state index contributed by atoms with van der Waals surface area (Å²) in [4.78, 5) is 39.2. The molecule has 2 bridgehead atoms. The van der Waals surface area contributed by atoms with Gasteiger partial charge in [-0.3, -0.25) is 14.5 Å². The van der Waals surface area contributed by atoms with Gasteiger partial charge in [-0.1, -0.05) is 48.5 Å². The van der Waals surface area contributed by atoms with Crippen molar-refractivity contribution in [2.45, 2.75) is 19.3 Å². The van der Waals surface area contributed by atoms with Gasteiger partial charge in [0.15, 0.2) is 0 Å². The number of carbonyl (C=O) groups is 3. The molecule has 5 rings (SSSR count). The molecular weight excluding hydrogens is 354 g/mol. The third kappa shape index (κ3) is 2.65. The van der Waals surface area contributed by atoms with Gasteiger partial charge in [0.1, 0.15) is 12.3 Å². The van der Waals surface area contributed by atoms with Crippen molar-refractivity contribution in [3.63, 3.8) is 0 Å². The lowest BCUT2D eigenvalue weighted by molar-refractivity contribution is -0.148. The zero-order chi connectivity index (χ0) is 19.3. The van der Waals surface area contributed by atoms with Crippen LogP contribution in [0.4, 0.5) is 0 Å². The SMILES string of the molecule is O=C(CN1C(=O)[C@@H]2[C@H]3CC[C@@H](C3)[C@H]2C1=O)Oc1ccccc1-c1ccccc1. The lowest BCUT2D eigenvalue weighted by Crippen LogP contribution is -2.38. The third-order valence-corrected chi connectivity index (χ3v) is 6.50. The van der Waals surface area contributed by atoms with Crippen molar-refractivity contribution in [1.82, 2.24) is 4.90 Å². The minimum atomic E-state index is -0.586. The first-order valence-electron chi connectivity index (χ1n) is 9.84. The van der Waals surface area contributed by atoms with Crippen molar-refractivity contribution < 1.29 is 19.1 Å². The number of fused-ring (bicyclic) bond motifs is 5. The van der Waals surface area contributed by atoms with Gasteiger partial charge in [-0.05, 0) is 42.7 Å². The van der Waals surface area contributed by atoms with E-state index in [-0.39, 0.29) is 30.2 Å². The Labute approximate surface area is 163 Å². The number of esters is 1. The van der Waals surface area contributed by atoms with Crippen LogP contribution in [0.3, 0.4) is 0 Å². The van der Waals surface area contributed by atoms with Gasteiger partial charge in [0.05, 0.1) is 11.8 Å². The van der Waals surface area contributed by atoms with Crippen molar-refractivity contribution in [3.05, 3.63) is 54.6 Å². The molecule has 142 valence electrons. The standard InChI is InChI=1S/C23H21NO4/c25-19(28-18-9-5-4-8-17(18)14-6-2-1-3-7-14)13-24-22(26)20-15-10-11-16(12-15)21(20)23(24)27/h1-9,15-16,20-21H,10-13H2/t15-,16-,20+,21+/m0/s1. The number of nitrogens with zero attached hydrogens (tertiary/aromatic N) is 1. The number of imide groups is 1. The van der Waals surface area contributed by atoms with Gasteiger partial charge in [0.2, 0.25) is 11.8 Å². The molecule has 0 N–H and O–H groups in total. The largest absolute Gasteiger partial charge is 0.425 e. The number of rotatable bonds is 4. The molecule has 2 saturated carbocycles. The zero-order valence-corrected chi connectivity index (χ0v) is 15.4. The van der Waals surface area contributed by atoms with Gasteiger partial charge >= 0.3 is 5.97 Å². The van der Waals surface area contributed by atoms with Gasteiger partial charge in [0, 0.05) is 5.56 Å². The number of para-hydroxylation sites is 1. The van der Waals surface area contributed by atoms with E-state index in [1.165, 1.54) is 0 Å². The van der Waals surface area contributed by atoms with E-state index in [2.05, 4.69) is 0 Å². The fourth-order valence-corrected chi connectivity index (χ4v) is 5.32. The van der Waals surface area contributed by atoms with Crippen LogP contribution in [0.5, 0.6) is 5.75 Å². The first-order chi connectivity index (χ1) is 13.6. The summed E-state index contributed by atoms with van der Waals surface area (Å²) in [6.07, 6.45) is 3.02. The number of hydrogen-bond donors (Lipinski definition) is 0. The predicted octanol–water partition coefficient (Wildman–Crippen LogP) is 3.29. The van der Waals surface area contributed by atoms with Crippen molar-refractivity contribution in [2.24, 2.45) is 23.7 Å². The second-order valence-corrected chi connectivity index (χ2v) is 7.98. The molecule has 1 aliphatic heterocycles. The van der Waals surface area contributed by atoms with E-state index in [4.69, 9.17) is 4.74 Å². The second-order valence-electron chi connectivity index (χ2n) is 7.98. The molecule has 0 radical (unpaired) electrons. The number of likely N-dealkylation sites (tertiary alicyclic amines) is 1. The molecule has 2 aromatic rings. The Kier molecular flexibility index (Phi) is 4.04. The number of carbonyl (C=O) groups excluding carboxylic acids is 3. The summed E-state index contributed by atoms with van der Waals surface area (Å²) >= 11 is 0. The molecule has 0 aromatic heterocycles. The van der Waals surface area contributed by atoms with E-state index in [0.29, 0.717) is 17.6 Å². The molecule has 0 unspecified atom stereocenters. The van der Waals surface area contributed by atoms with Crippen LogP contribution in [-0.2, 0) is 14.4 Å². The Morgan fingerprint density at radius 1 is 0.893 bits per heavy atom. The van der Waals surface area contributed by atoms with Crippen LogP contribution in [0.1, 0.15) is 19.3 Å². The highest BCUT2D eigenvalue weighted by molar-refractivity contribution is 6.08. The average Bonchev–Trinajstić information content (AvgIpc) is 3.39. The normalized spacial score (nSPS) is 27.9. The predicted molar refractivity (Wildman–Crippen MR) is 102 cm³/mol. The Morgan fingerprint density at radius 3 is 2.18 bits per heavy atom. The van der Waals surface area contributed by atoms with Crippen LogP contribution < -0.4 is 4.74 Å². The van der Waals surface area contributed by atoms with Gasteiger partial charge in [-0.15, -0.1) is 0 Å². The Morgan fingerprint density at radius 2 is 1.50 bits per heavy atom. The summed E-state index contributed by atoms with van der Waals surface area (Å²) in [6.45, 7) is -0.312. The summed E-state index contributed by atoms with van der Waals surface area (Å²) in [6, 6.07) is 16.9. The van der Waals surface area contributed by atoms with Gasteiger partial charge in [-0.2, -0.15) is 0 Å². The fraction of sp³-hybridized carbons (Fsp3) is 0.348. The Hall–Kier alpha value is -2.95. The maximum absolute atomic E-state index is 12.8. The number of benzene rings is 2. The molecule has 5 heteroatoms. The summed E-state index contributed by atoms with van der Waals surface area (Å²) in [5.74, 6) is -0.328. The molecule has 0 spiro atoms. The van der Waals surface area contributed by atoms with E-state index in [0.717, 1.165) is 35.3 Å². The molecule has 1 saturated heterocycles. The maximum atomic E-state index is 12.8. The summed E-state index contributed by atoms with van der Waals surface area (Å²) in [7, 11) is 0. The highest BCUT2D eigenvalue weighted by atomic mass is 16.5. The van der Waals surface area contributed by atoms with Gasteiger partial charge in [0.25, 0.3) is 0 Å². The smallest absolute Gasteiger partial charge is 0.331 e. The molecule has 2 amide bonds. The molecule has 4 atom stereocenters.